The fourth-order valence-electron chi connectivity index (χ4n) is 1.77. The lowest BCUT2D eigenvalue weighted by Crippen LogP contribution is -2.15. The number of hydrazine groups is 1. The molecule has 0 saturated carbocycles. The number of anilines is 3. The molecule has 0 aliphatic carbocycles. The van der Waals surface area contributed by atoms with Crippen LogP contribution in [0.2, 0.25) is 0 Å². The van der Waals surface area contributed by atoms with E-state index in [1.54, 1.807) is 0 Å². The first kappa shape index (κ1) is 13.8. The van der Waals surface area contributed by atoms with Crippen LogP contribution < -0.4 is 16.2 Å². The quantitative estimate of drug-likeness (QED) is 0.669. The van der Waals surface area contributed by atoms with Crippen molar-refractivity contribution in [2.24, 2.45) is 5.84 Å². The highest BCUT2D eigenvalue weighted by Gasteiger charge is 2.13. The second kappa shape index (κ2) is 5.99. The van der Waals surface area contributed by atoms with Crippen molar-refractivity contribution in [3.8, 4) is 0 Å². The van der Waals surface area contributed by atoms with Gasteiger partial charge in [-0.15, -0.1) is 0 Å². The third-order valence-electron chi connectivity index (χ3n) is 2.96. The summed E-state index contributed by atoms with van der Waals surface area (Å²) in [7, 11) is 1.95. The minimum Gasteiger partial charge on any atom is -0.328 e. The van der Waals surface area contributed by atoms with E-state index in [9.17, 15) is 0 Å². The van der Waals surface area contributed by atoms with Crippen LogP contribution in [0.4, 0.5) is 17.3 Å². The molecule has 0 amide bonds. The smallest absolute Gasteiger partial charge is 0.159 e. The Bertz CT molecular complexity index is 555. The number of nitrogens with two attached hydrogens (primary N) is 1. The van der Waals surface area contributed by atoms with Gasteiger partial charge in [0.25, 0.3) is 0 Å². The van der Waals surface area contributed by atoms with Gasteiger partial charge in [0.2, 0.25) is 0 Å². The Morgan fingerprint density at radius 2 is 1.95 bits per heavy atom. The number of hydrogen-bond donors (Lipinski definition) is 2. The van der Waals surface area contributed by atoms with E-state index < -0.39 is 0 Å². The van der Waals surface area contributed by atoms with Gasteiger partial charge in [-0.25, -0.2) is 15.8 Å². The molecule has 0 saturated heterocycles. The number of nitrogen functional groups attached to an aromatic ring is 1. The van der Waals surface area contributed by atoms with Crippen molar-refractivity contribution in [2.45, 2.75) is 13.3 Å². The van der Waals surface area contributed by atoms with E-state index in [0.29, 0.717) is 5.82 Å². The van der Waals surface area contributed by atoms with Crippen LogP contribution in [0.5, 0.6) is 0 Å². The van der Waals surface area contributed by atoms with Crippen molar-refractivity contribution < 1.29 is 0 Å². The lowest BCUT2D eigenvalue weighted by Gasteiger charge is -2.20. The molecule has 1 aromatic carbocycles. The fourth-order valence-corrected chi connectivity index (χ4v) is 2.36. The molecule has 5 nitrogen and oxygen atoms in total. The second-order valence-corrected chi connectivity index (χ2v) is 4.88. The zero-order valence-corrected chi connectivity index (χ0v) is 12.5. The molecule has 1 aromatic heterocycles. The van der Waals surface area contributed by atoms with Crippen LogP contribution in [0.15, 0.2) is 35.1 Å². The van der Waals surface area contributed by atoms with Gasteiger partial charge < -0.3 is 10.3 Å². The van der Waals surface area contributed by atoms with Gasteiger partial charge in [-0.2, -0.15) is 0 Å². The minimum absolute atomic E-state index is 0.557. The Labute approximate surface area is 121 Å². The van der Waals surface area contributed by atoms with Crippen LogP contribution in [0, 0.1) is 0 Å². The number of aryl methyl sites for hydroxylation is 1. The summed E-state index contributed by atoms with van der Waals surface area (Å²) >= 11 is 3.46. The van der Waals surface area contributed by atoms with Gasteiger partial charge >= 0.3 is 0 Å². The van der Waals surface area contributed by atoms with Crippen LogP contribution in [0.3, 0.4) is 0 Å². The summed E-state index contributed by atoms with van der Waals surface area (Å²) < 4.78 is 0.736. The van der Waals surface area contributed by atoms with E-state index in [4.69, 9.17) is 5.84 Å². The van der Waals surface area contributed by atoms with Crippen molar-refractivity contribution in [3.63, 3.8) is 0 Å². The number of nitrogens with one attached hydrogen (secondary N) is 1. The zero-order valence-electron chi connectivity index (χ0n) is 10.9. The Morgan fingerprint density at radius 3 is 2.53 bits per heavy atom. The third kappa shape index (κ3) is 2.85. The number of aromatic nitrogens is 2. The molecule has 0 radical (unpaired) electrons. The van der Waals surface area contributed by atoms with Gasteiger partial charge in [-0.1, -0.05) is 19.1 Å². The third-order valence-corrected chi connectivity index (χ3v) is 3.69. The Hall–Kier alpha value is -1.66. The fraction of sp³-hybridized carbons (Fsp3) is 0.231. The van der Waals surface area contributed by atoms with Gasteiger partial charge in [0.1, 0.15) is 10.8 Å². The largest absolute Gasteiger partial charge is 0.328 e. The van der Waals surface area contributed by atoms with E-state index in [-0.39, 0.29) is 0 Å². The molecule has 2 rings (SSSR count). The summed E-state index contributed by atoms with van der Waals surface area (Å²) in [6, 6.07) is 8.37. The first-order chi connectivity index (χ1) is 9.17. The lowest BCUT2D eigenvalue weighted by molar-refractivity contribution is 1.05. The molecular weight excluding hydrogens is 306 g/mol. The predicted octanol–water partition coefficient (Wildman–Crippen LogP) is 2.86. The summed E-state index contributed by atoms with van der Waals surface area (Å²) in [5.74, 6) is 6.72. The molecule has 0 spiro atoms. The molecule has 1 heterocycles. The summed E-state index contributed by atoms with van der Waals surface area (Å²) in [4.78, 5) is 10.3. The van der Waals surface area contributed by atoms with E-state index in [2.05, 4.69) is 62.5 Å². The van der Waals surface area contributed by atoms with Crippen molar-refractivity contribution in [3.05, 3.63) is 40.6 Å². The van der Waals surface area contributed by atoms with Crippen molar-refractivity contribution >= 4 is 33.3 Å². The number of hydrogen-bond acceptors (Lipinski definition) is 5. The molecular formula is C13H16BrN5. The maximum Gasteiger partial charge on any atom is 0.159 e. The summed E-state index contributed by atoms with van der Waals surface area (Å²) in [5, 5.41) is 0. The lowest BCUT2D eigenvalue weighted by atomic mass is 10.1. The molecule has 6 heteroatoms. The predicted molar refractivity (Wildman–Crippen MR) is 81.4 cm³/mol. The molecule has 0 aliphatic heterocycles. The summed E-state index contributed by atoms with van der Waals surface area (Å²) in [6.07, 6.45) is 2.51. The maximum absolute atomic E-state index is 5.41. The topological polar surface area (TPSA) is 67.1 Å². The standard InChI is InChI=1S/C13H16BrN5/c1-3-9-4-6-10(7-5-9)19(2)13-11(14)12(18-15)16-8-17-13/h4-8H,3,15H2,1-2H3,(H,16,17,18). The summed E-state index contributed by atoms with van der Waals surface area (Å²) in [6.45, 7) is 2.14. The first-order valence-corrected chi connectivity index (χ1v) is 6.76. The van der Waals surface area contributed by atoms with Crippen molar-refractivity contribution in [1.29, 1.82) is 0 Å². The number of rotatable bonds is 4. The minimum atomic E-state index is 0.557. The van der Waals surface area contributed by atoms with Crippen LogP contribution in [-0.4, -0.2) is 17.0 Å². The maximum atomic E-state index is 5.41. The highest BCUT2D eigenvalue weighted by Crippen LogP contribution is 2.32. The Balaban J connectivity index is 2.35. The molecule has 3 N–H and O–H groups in total. The van der Waals surface area contributed by atoms with Crippen LogP contribution in [0.1, 0.15) is 12.5 Å². The Morgan fingerprint density at radius 1 is 1.26 bits per heavy atom. The van der Waals surface area contributed by atoms with Gasteiger partial charge in [0.15, 0.2) is 11.6 Å². The van der Waals surface area contributed by atoms with Crippen LogP contribution >= 0.6 is 15.9 Å². The number of halogens is 1. The number of benzene rings is 1. The normalized spacial score (nSPS) is 10.3. The van der Waals surface area contributed by atoms with E-state index >= 15 is 0 Å². The molecule has 100 valence electrons. The van der Waals surface area contributed by atoms with Gasteiger partial charge in [0, 0.05) is 12.7 Å². The van der Waals surface area contributed by atoms with E-state index in [0.717, 1.165) is 22.4 Å². The van der Waals surface area contributed by atoms with Gasteiger partial charge in [-0.05, 0) is 40.0 Å². The highest BCUT2D eigenvalue weighted by molar-refractivity contribution is 9.10. The van der Waals surface area contributed by atoms with Crippen molar-refractivity contribution in [1.82, 2.24) is 9.97 Å². The highest BCUT2D eigenvalue weighted by atomic mass is 79.9. The first-order valence-electron chi connectivity index (χ1n) is 5.97. The summed E-state index contributed by atoms with van der Waals surface area (Å²) in [5.41, 5.74) is 4.90. The number of nitrogens with zero attached hydrogens (tertiary/aromatic N) is 3. The van der Waals surface area contributed by atoms with Gasteiger partial charge in [-0.3, -0.25) is 0 Å². The average Bonchev–Trinajstić information content (AvgIpc) is 2.47. The molecule has 0 atom stereocenters. The molecule has 0 fully saturated rings. The molecule has 0 aliphatic rings. The van der Waals surface area contributed by atoms with Crippen LogP contribution in [0.25, 0.3) is 0 Å². The molecule has 2 aromatic rings. The average molecular weight is 322 g/mol. The molecule has 0 bridgehead atoms. The molecule has 19 heavy (non-hydrogen) atoms. The van der Waals surface area contributed by atoms with Gasteiger partial charge in [0.05, 0.1) is 0 Å². The second-order valence-electron chi connectivity index (χ2n) is 4.08. The van der Waals surface area contributed by atoms with Crippen molar-refractivity contribution in [2.75, 3.05) is 17.4 Å². The van der Waals surface area contributed by atoms with Crippen LogP contribution in [-0.2, 0) is 6.42 Å². The Kier molecular flexibility index (Phi) is 4.34. The zero-order chi connectivity index (χ0) is 13.8. The monoisotopic (exact) mass is 321 g/mol. The molecule has 0 unspecified atom stereocenters. The van der Waals surface area contributed by atoms with E-state index in [1.165, 1.54) is 11.9 Å². The van der Waals surface area contributed by atoms with E-state index in [1.807, 2.05) is 11.9 Å². The SMILES string of the molecule is CCc1ccc(N(C)c2ncnc(NN)c2Br)cc1.